The second kappa shape index (κ2) is 10.9. The van der Waals surface area contributed by atoms with Crippen molar-refractivity contribution in [1.29, 1.82) is 0 Å². The Labute approximate surface area is 217 Å². The number of allylic oxidation sites excluding steroid dienone is 3. The van der Waals surface area contributed by atoms with Crippen molar-refractivity contribution in [3.05, 3.63) is 70.8 Å². The molecule has 0 aromatic heterocycles. The summed E-state index contributed by atoms with van der Waals surface area (Å²) in [5.74, 6) is 1.75. The summed E-state index contributed by atoms with van der Waals surface area (Å²) in [4.78, 5) is 0. The van der Waals surface area contributed by atoms with Crippen LogP contribution in [0.4, 0.5) is 0 Å². The van der Waals surface area contributed by atoms with E-state index in [0.29, 0.717) is 37.2 Å². The molecule has 0 bridgehead atoms. The molecule has 0 spiro atoms. The van der Waals surface area contributed by atoms with E-state index in [1.165, 1.54) is 31.3 Å². The van der Waals surface area contributed by atoms with Crippen LogP contribution in [0.15, 0.2) is 59.7 Å². The Morgan fingerprint density at radius 1 is 1.19 bits per heavy atom. The van der Waals surface area contributed by atoms with Crippen LogP contribution < -0.4 is 0 Å². The van der Waals surface area contributed by atoms with E-state index in [9.17, 15) is 15.3 Å². The minimum absolute atomic E-state index is 0.146. The number of aliphatic hydroxyl groups excluding tert-OH is 2. The number of fused-ring (bicyclic) bond motifs is 1. The third-order valence-corrected chi connectivity index (χ3v) is 9.10. The molecule has 198 valence electrons. The molecule has 4 nitrogen and oxygen atoms in total. The number of aliphatic hydroxyl groups is 3. The van der Waals surface area contributed by atoms with Crippen LogP contribution in [-0.4, -0.2) is 34.1 Å². The Bertz CT molecular complexity index is 998. The lowest BCUT2D eigenvalue weighted by molar-refractivity contribution is -0.0342. The number of ether oxygens (including phenoxy) is 1. The van der Waals surface area contributed by atoms with E-state index in [-0.39, 0.29) is 5.41 Å². The average molecular weight is 495 g/mol. The second-order valence-corrected chi connectivity index (χ2v) is 12.4. The first-order valence-electron chi connectivity index (χ1n) is 13.9. The zero-order chi connectivity index (χ0) is 26.1. The molecule has 0 heterocycles. The Morgan fingerprint density at radius 3 is 2.69 bits per heavy atom. The van der Waals surface area contributed by atoms with Crippen molar-refractivity contribution >= 4 is 0 Å². The van der Waals surface area contributed by atoms with Gasteiger partial charge in [-0.15, -0.1) is 0 Å². The van der Waals surface area contributed by atoms with E-state index in [1.54, 1.807) is 0 Å². The molecule has 3 aliphatic carbocycles. The first-order chi connectivity index (χ1) is 17.0. The molecule has 0 amide bonds. The maximum atomic E-state index is 10.4. The van der Waals surface area contributed by atoms with Crippen molar-refractivity contribution in [2.24, 2.45) is 23.2 Å². The summed E-state index contributed by atoms with van der Waals surface area (Å²) in [7, 11) is 0. The van der Waals surface area contributed by atoms with Gasteiger partial charge in [0.15, 0.2) is 0 Å². The molecule has 1 aromatic carbocycles. The average Bonchev–Trinajstić information content (AvgIpc) is 3.20. The monoisotopic (exact) mass is 494 g/mol. The molecule has 0 unspecified atom stereocenters. The molecule has 4 rings (SSSR count). The van der Waals surface area contributed by atoms with Crippen LogP contribution in [0.25, 0.3) is 0 Å². The van der Waals surface area contributed by atoms with Crippen LogP contribution in [0.3, 0.4) is 0 Å². The maximum absolute atomic E-state index is 10.4. The molecule has 3 saturated carbocycles. The third-order valence-electron chi connectivity index (χ3n) is 9.10. The van der Waals surface area contributed by atoms with Crippen LogP contribution in [0.2, 0.25) is 0 Å². The number of benzene rings is 1. The fourth-order valence-electron chi connectivity index (χ4n) is 7.23. The third kappa shape index (κ3) is 5.72. The Kier molecular flexibility index (Phi) is 8.31. The second-order valence-electron chi connectivity index (χ2n) is 12.4. The molecule has 0 radical (unpaired) electrons. The smallest absolute Gasteiger partial charge is 0.0840 e. The van der Waals surface area contributed by atoms with Gasteiger partial charge in [0.1, 0.15) is 0 Å². The van der Waals surface area contributed by atoms with Gasteiger partial charge in [-0.05, 0) is 92.4 Å². The zero-order valence-corrected chi connectivity index (χ0v) is 22.7. The zero-order valence-electron chi connectivity index (χ0n) is 22.7. The highest BCUT2D eigenvalue weighted by Gasteiger charge is 2.53. The van der Waals surface area contributed by atoms with Crippen LogP contribution in [0, 0.1) is 23.2 Å². The Balaban J connectivity index is 1.54. The van der Waals surface area contributed by atoms with E-state index in [1.807, 2.05) is 26.0 Å². The highest BCUT2D eigenvalue weighted by Crippen LogP contribution is 2.59. The van der Waals surface area contributed by atoms with Crippen molar-refractivity contribution in [2.45, 2.75) is 97.1 Å². The van der Waals surface area contributed by atoms with E-state index < -0.39 is 17.8 Å². The van der Waals surface area contributed by atoms with Gasteiger partial charge < -0.3 is 20.1 Å². The topological polar surface area (TPSA) is 69.9 Å². The minimum atomic E-state index is -0.860. The largest absolute Gasteiger partial charge is 0.393 e. The lowest BCUT2D eigenvalue weighted by Crippen LogP contribution is -2.42. The van der Waals surface area contributed by atoms with Crippen LogP contribution in [0.1, 0.15) is 83.8 Å². The minimum Gasteiger partial charge on any atom is -0.393 e. The molecule has 5 atom stereocenters. The summed E-state index contributed by atoms with van der Waals surface area (Å²) in [5, 5.41) is 30.8. The van der Waals surface area contributed by atoms with Crippen molar-refractivity contribution in [2.75, 3.05) is 6.61 Å². The highest BCUT2D eigenvalue weighted by molar-refractivity contribution is 5.39. The summed E-state index contributed by atoms with van der Waals surface area (Å²) in [5.41, 5.74) is 4.52. The Morgan fingerprint density at radius 2 is 1.97 bits per heavy atom. The normalized spacial score (nSPS) is 33.5. The predicted molar refractivity (Wildman–Crippen MR) is 145 cm³/mol. The van der Waals surface area contributed by atoms with Crippen molar-refractivity contribution in [3.8, 4) is 0 Å². The van der Waals surface area contributed by atoms with Crippen LogP contribution in [-0.2, 0) is 16.9 Å². The van der Waals surface area contributed by atoms with Crippen molar-refractivity contribution < 1.29 is 20.1 Å². The highest BCUT2D eigenvalue weighted by atomic mass is 16.5. The summed E-state index contributed by atoms with van der Waals surface area (Å²) >= 11 is 0. The standard InChI is InChI=1S/C32H46O4/c1-21(2)28-13-14-29-24(11-12-25-17-27(33)18-30(34)22(25)3)9-7-15-32(28,29)20-36-19-23-8-6-10-26(16-23)31(4,5)35/h6,8,10-12,16,21,27-30,33-35H,3,7,9,13-15,17-20H2,1-2,4-5H3/t27-,28-,29+,30+,32+/m1/s1. The van der Waals surface area contributed by atoms with Crippen LogP contribution in [0.5, 0.6) is 0 Å². The van der Waals surface area contributed by atoms with Crippen molar-refractivity contribution in [3.63, 3.8) is 0 Å². The molecule has 36 heavy (non-hydrogen) atoms. The van der Waals surface area contributed by atoms with Gasteiger partial charge in [-0.25, -0.2) is 0 Å². The number of hydrogen-bond acceptors (Lipinski definition) is 4. The van der Waals surface area contributed by atoms with Gasteiger partial charge >= 0.3 is 0 Å². The molecule has 0 saturated heterocycles. The Hall–Kier alpha value is -1.72. The van der Waals surface area contributed by atoms with E-state index >= 15 is 0 Å². The number of rotatable bonds is 7. The molecule has 0 aliphatic heterocycles. The van der Waals surface area contributed by atoms with Gasteiger partial charge in [0.05, 0.1) is 31.0 Å². The fraction of sp³-hybridized carbons (Fsp3) is 0.625. The summed E-state index contributed by atoms with van der Waals surface area (Å²) < 4.78 is 6.50. The van der Waals surface area contributed by atoms with Gasteiger partial charge in [-0.2, -0.15) is 0 Å². The summed E-state index contributed by atoms with van der Waals surface area (Å²) in [6.45, 7) is 13.7. The van der Waals surface area contributed by atoms with Gasteiger partial charge in [-0.1, -0.05) is 62.4 Å². The molecule has 4 heteroatoms. The summed E-state index contributed by atoms with van der Waals surface area (Å²) in [6, 6.07) is 8.11. The molecular formula is C32H46O4. The molecular weight excluding hydrogens is 448 g/mol. The van der Waals surface area contributed by atoms with Crippen LogP contribution >= 0.6 is 0 Å². The molecule has 1 aromatic rings. The first-order valence-corrected chi connectivity index (χ1v) is 13.9. The predicted octanol–water partition coefficient (Wildman–Crippen LogP) is 6.21. The molecule has 3 aliphatic rings. The molecule has 3 N–H and O–H groups in total. The quantitative estimate of drug-likeness (QED) is 0.422. The van der Waals surface area contributed by atoms with Gasteiger partial charge in [0, 0.05) is 11.8 Å². The summed E-state index contributed by atoms with van der Waals surface area (Å²) in [6.07, 6.45) is 10.1. The van der Waals surface area contributed by atoms with Gasteiger partial charge in [-0.3, -0.25) is 0 Å². The molecule has 3 fully saturated rings. The van der Waals surface area contributed by atoms with Crippen molar-refractivity contribution in [1.82, 2.24) is 0 Å². The van der Waals surface area contributed by atoms with Gasteiger partial charge in [0.2, 0.25) is 0 Å². The van der Waals surface area contributed by atoms with E-state index in [0.717, 1.165) is 35.3 Å². The first kappa shape index (κ1) is 27.3. The lowest BCUT2D eigenvalue weighted by atomic mass is 9.60. The lowest BCUT2D eigenvalue weighted by Gasteiger charge is -2.46. The fourth-order valence-corrected chi connectivity index (χ4v) is 7.23. The number of hydrogen-bond donors (Lipinski definition) is 3. The van der Waals surface area contributed by atoms with Gasteiger partial charge in [0.25, 0.3) is 0 Å². The SMILES string of the molecule is C=C1C(=CC=C2CCC[C@]3(COCc4cccc(C(C)(C)O)c4)[C@@H](C(C)C)CC[C@@H]23)C[C@@H](O)C[C@@H]1O. The van der Waals surface area contributed by atoms with E-state index in [4.69, 9.17) is 4.74 Å². The maximum Gasteiger partial charge on any atom is 0.0840 e. The van der Waals surface area contributed by atoms with E-state index in [2.05, 4.69) is 44.7 Å².